The highest BCUT2D eigenvalue weighted by Gasteiger charge is 2.24. The van der Waals surface area contributed by atoms with Crippen LogP contribution in [-0.2, 0) is 0 Å². The van der Waals surface area contributed by atoms with E-state index in [1.54, 1.807) is 10.8 Å². The first-order valence-corrected chi connectivity index (χ1v) is 12.2. The summed E-state index contributed by atoms with van der Waals surface area (Å²) in [5.41, 5.74) is 3.60. The van der Waals surface area contributed by atoms with Crippen LogP contribution in [0, 0.1) is 17.6 Å². The summed E-state index contributed by atoms with van der Waals surface area (Å²) in [6.45, 7) is 0.425. The van der Waals surface area contributed by atoms with Gasteiger partial charge in [0.25, 0.3) is 5.91 Å². The maximum atomic E-state index is 13.5. The molecule has 10 heteroatoms. The van der Waals surface area contributed by atoms with Gasteiger partial charge in [0.1, 0.15) is 6.33 Å². The molecule has 37 heavy (non-hydrogen) atoms. The van der Waals surface area contributed by atoms with E-state index in [0.717, 1.165) is 65.5 Å². The second kappa shape index (κ2) is 9.27. The molecular weight excluding hydrogens is 478 g/mol. The Morgan fingerprint density at radius 3 is 2.65 bits per heavy atom. The molecule has 3 heterocycles. The monoisotopic (exact) mass is 502 g/mol. The van der Waals surface area contributed by atoms with E-state index < -0.39 is 23.3 Å². The number of halogens is 2. The lowest BCUT2D eigenvalue weighted by atomic mass is 9.86. The summed E-state index contributed by atoms with van der Waals surface area (Å²) in [6, 6.07) is 12.1. The molecule has 3 aromatic heterocycles. The summed E-state index contributed by atoms with van der Waals surface area (Å²) in [4.78, 5) is 16.7. The molecule has 6 rings (SSSR count). The van der Waals surface area contributed by atoms with Gasteiger partial charge in [-0.1, -0.05) is 12.1 Å². The summed E-state index contributed by atoms with van der Waals surface area (Å²) < 4.78 is 30.9. The van der Waals surface area contributed by atoms with Crippen molar-refractivity contribution in [2.75, 3.05) is 6.54 Å². The molecule has 0 unspecified atom stereocenters. The maximum absolute atomic E-state index is 13.5. The van der Waals surface area contributed by atoms with Gasteiger partial charge in [-0.15, -0.1) is 0 Å². The highest BCUT2D eigenvalue weighted by Crippen LogP contribution is 2.33. The Morgan fingerprint density at radius 1 is 1.08 bits per heavy atom. The smallest absolute Gasteiger partial charge is 0.251 e. The van der Waals surface area contributed by atoms with Crippen LogP contribution < -0.4 is 5.32 Å². The van der Waals surface area contributed by atoms with E-state index in [9.17, 15) is 18.7 Å². The van der Waals surface area contributed by atoms with Gasteiger partial charge in [-0.25, -0.2) is 18.3 Å². The minimum absolute atomic E-state index is 0.149. The van der Waals surface area contributed by atoms with Gasteiger partial charge in [0.15, 0.2) is 23.0 Å². The molecule has 0 spiro atoms. The van der Waals surface area contributed by atoms with Crippen molar-refractivity contribution in [2.24, 2.45) is 5.92 Å². The zero-order valence-electron chi connectivity index (χ0n) is 19.8. The average molecular weight is 503 g/mol. The zero-order chi connectivity index (χ0) is 25.5. The van der Waals surface area contributed by atoms with Crippen LogP contribution in [0.25, 0.3) is 27.7 Å². The second-order valence-corrected chi connectivity index (χ2v) is 9.51. The topological polar surface area (TPSA) is 97.3 Å². The van der Waals surface area contributed by atoms with Crippen LogP contribution in [-0.4, -0.2) is 41.9 Å². The van der Waals surface area contributed by atoms with E-state index in [-0.39, 0.29) is 17.5 Å². The zero-order valence-corrected chi connectivity index (χ0v) is 19.8. The Bertz CT molecular complexity index is 1600. The molecule has 1 aliphatic rings. The number of phenolic OH excluding ortho intramolecular Hbond substituents is 1. The van der Waals surface area contributed by atoms with Crippen molar-refractivity contribution in [2.45, 2.75) is 31.7 Å². The molecular formula is C27H24F2N6O2. The molecule has 0 saturated heterocycles. The lowest BCUT2D eigenvalue weighted by Crippen LogP contribution is -2.31. The first-order chi connectivity index (χ1) is 18.0. The summed E-state index contributed by atoms with van der Waals surface area (Å²) >= 11 is 0. The first-order valence-electron chi connectivity index (χ1n) is 12.2. The van der Waals surface area contributed by atoms with E-state index in [1.165, 1.54) is 0 Å². The van der Waals surface area contributed by atoms with Crippen molar-refractivity contribution in [3.63, 3.8) is 0 Å². The molecule has 188 valence electrons. The number of hydrogen-bond donors (Lipinski definition) is 2. The number of nitrogens with one attached hydrogen (secondary N) is 1. The number of amides is 1. The third kappa shape index (κ3) is 4.39. The Labute approximate surface area is 210 Å². The van der Waals surface area contributed by atoms with Crippen molar-refractivity contribution < 1.29 is 18.7 Å². The van der Waals surface area contributed by atoms with E-state index in [0.29, 0.717) is 6.54 Å². The second-order valence-electron chi connectivity index (χ2n) is 9.51. The lowest BCUT2D eigenvalue weighted by Gasteiger charge is -2.28. The third-order valence-electron chi connectivity index (χ3n) is 7.16. The van der Waals surface area contributed by atoms with Gasteiger partial charge in [0.05, 0.1) is 11.6 Å². The quantitative estimate of drug-likeness (QED) is 0.357. The SMILES string of the molecule is O=C(NC[C@H]1CC[C@H](n2cc3ccc(-c4cccn5ncnc45)cc3n2)CC1)c1cc(F)c(O)c(F)c1. The number of aromatic nitrogens is 5. The summed E-state index contributed by atoms with van der Waals surface area (Å²) in [6.07, 6.45) is 9.14. The van der Waals surface area contributed by atoms with Crippen LogP contribution >= 0.6 is 0 Å². The fourth-order valence-electron chi connectivity index (χ4n) is 5.11. The summed E-state index contributed by atoms with van der Waals surface area (Å²) in [5.74, 6) is -3.67. The van der Waals surface area contributed by atoms with Crippen LogP contribution in [0.4, 0.5) is 8.78 Å². The standard InChI is InChI=1S/C27H24F2N6O2/c28-22-10-19(11-23(29)25(22)36)27(37)30-13-16-3-7-20(8-4-16)35-14-18-6-5-17(12-24(18)33-35)21-2-1-9-34-26(21)31-15-32-34/h1-2,5-6,9-12,14-16,20,36H,3-4,7-8,13H2,(H,30,37)/t16-,20-. The number of rotatable bonds is 5. The molecule has 1 saturated carbocycles. The number of benzene rings is 2. The molecule has 0 aliphatic heterocycles. The Kier molecular flexibility index (Phi) is 5.78. The van der Waals surface area contributed by atoms with Gasteiger partial charge in [0, 0.05) is 35.5 Å². The molecule has 1 aliphatic carbocycles. The van der Waals surface area contributed by atoms with Gasteiger partial charge in [0.2, 0.25) is 0 Å². The van der Waals surface area contributed by atoms with Gasteiger partial charge < -0.3 is 10.4 Å². The largest absolute Gasteiger partial charge is 0.503 e. The Morgan fingerprint density at radius 2 is 1.86 bits per heavy atom. The molecule has 0 bridgehead atoms. The number of aromatic hydroxyl groups is 1. The molecule has 2 aromatic carbocycles. The number of carbonyl (C=O) groups excluding carboxylic acids is 1. The number of nitrogens with zero attached hydrogens (tertiary/aromatic N) is 5. The molecule has 0 atom stereocenters. The highest BCUT2D eigenvalue weighted by atomic mass is 19.1. The Balaban J connectivity index is 1.10. The van der Waals surface area contributed by atoms with Gasteiger partial charge in [-0.2, -0.15) is 10.2 Å². The van der Waals surface area contributed by atoms with Crippen LogP contribution in [0.2, 0.25) is 0 Å². The van der Waals surface area contributed by atoms with Gasteiger partial charge in [-0.3, -0.25) is 9.48 Å². The fraction of sp³-hybridized carbons (Fsp3) is 0.259. The summed E-state index contributed by atoms with van der Waals surface area (Å²) in [7, 11) is 0. The van der Waals surface area contributed by atoms with Crippen LogP contribution in [0.15, 0.2) is 61.2 Å². The maximum Gasteiger partial charge on any atom is 0.251 e. The molecule has 1 fully saturated rings. The fourth-order valence-corrected chi connectivity index (χ4v) is 5.11. The van der Waals surface area contributed by atoms with Crippen molar-refractivity contribution in [3.8, 4) is 16.9 Å². The van der Waals surface area contributed by atoms with Gasteiger partial charge >= 0.3 is 0 Å². The minimum Gasteiger partial charge on any atom is -0.503 e. The highest BCUT2D eigenvalue weighted by molar-refractivity contribution is 5.94. The predicted octanol–water partition coefficient (Wildman–Crippen LogP) is 4.89. The minimum atomic E-state index is -1.15. The third-order valence-corrected chi connectivity index (χ3v) is 7.16. The van der Waals surface area contributed by atoms with Crippen molar-refractivity contribution in [1.29, 1.82) is 0 Å². The summed E-state index contributed by atoms with van der Waals surface area (Å²) in [5, 5.41) is 22.1. The molecule has 0 radical (unpaired) electrons. The van der Waals surface area contributed by atoms with Crippen molar-refractivity contribution in [3.05, 3.63) is 78.4 Å². The molecule has 5 aromatic rings. The van der Waals surface area contributed by atoms with E-state index >= 15 is 0 Å². The molecule has 1 amide bonds. The molecule has 8 nitrogen and oxygen atoms in total. The van der Waals surface area contributed by atoms with E-state index in [4.69, 9.17) is 5.10 Å². The number of hydrogen-bond acceptors (Lipinski definition) is 5. The Hall–Kier alpha value is -4.34. The van der Waals surface area contributed by atoms with Gasteiger partial charge in [-0.05, 0) is 67.5 Å². The normalized spacial score (nSPS) is 17.9. The van der Waals surface area contributed by atoms with E-state index in [1.807, 2.05) is 23.0 Å². The van der Waals surface area contributed by atoms with Crippen molar-refractivity contribution in [1.82, 2.24) is 29.7 Å². The number of pyridine rings is 1. The number of phenols is 1. The van der Waals surface area contributed by atoms with Crippen molar-refractivity contribution >= 4 is 22.5 Å². The van der Waals surface area contributed by atoms with E-state index in [2.05, 4.69) is 39.8 Å². The predicted molar refractivity (Wildman–Crippen MR) is 133 cm³/mol. The van der Waals surface area contributed by atoms with Crippen LogP contribution in [0.1, 0.15) is 42.1 Å². The number of carbonyl (C=O) groups is 1. The lowest BCUT2D eigenvalue weighted by molar-refractivity contribution is 0.0940. The molecule has 2 N–H and O–H groups in total. The number of fused-ring (bicyclic) bond motifs is 2. The average Bonchev–Trinajstić information content (AvgIpc) is 3.57. The van der Waals surface area contributed by atoms with Crippen LogP contribution in [0.5, 0.6) is 5.75 Å². The van der Waals surface area contributed by atoms with Crippen LogP contribution in [0.3, 0.4) is 0 Å². The first kappa shape index (κ1) is 23.1.